The number of hydrogen-bond donors (Lipinski definition) is 0. The first kappa shape index (κ1) is 47.2. The molecule has 0 aromatic rings. The highest BCUT2D eigenvalue weighted by Crippen LogP contribution is 2.42. The first-order valence-corrected chi connectivity index (χ1v) is 30.1. The molecule has 0 atom stereocenters. The largest absolute Gasteiger partial charge is 0.495 e. The van der Waals surface area contributed by atoms with Crippen molar-refractivity contribution in [3.05, 3.63) is 0 Å². The molecule has 0 aromatic carbocycles. The van der Waals surface area contributed by atoms with Crippen LogP contribution in [0.25, 0.3) is 0 Å². The molecule has 0 unspecified atom stereocenters. The second kappa shape index (κ2) is 27.9. The van der Waals surface area contributed by atoms with Gasteiger partial charge < -0.3 is 16.8 Å². The molecule has 47 heavy (non-hydrogen) atoms. The molecule has 0 saturated heterocycles. The molecular weight excluding hydrogens is 649 g/mol. The molecule has 282 valence electrons. The Morgan fingerprint density at radius 1 is 0.362 bits per heavy atom. The van der Waals surface area contributed by atoms with E-state index in [4.69, 9.17) is 16.8 Å². The maximum absolute atomic E-state index is 12.9. The lowest BCUT2D eigenvalue weighted by Gasteiger charge is -2.49. The zero-order chi connectivity index (χ0) is 35.5. The van der Waals surface area contributed by atoms with Crippen LogP contribution in [0.4, 0.5) is 0 Å². The average molecular weight is 733 g/mol. The fourth-order valence-corrected chi connectivity index (χ4v) is 32.8. The molecule has 0 aliphatic carbocycles. The monoisotopic (exact) mass is 733 g/mol. The van der Waals surface area contributed by atoms with Crippen molar-refractivity contribution in [1.29, 1.82) is 0 Å². The van der Waals surface area contributed by atoms with Crippen molar-refractivity contribution in [2.24, 2.45) is 0 Å². The number of rotatable bonds is 34. The summed E-state index contributed by atoms with van der Waals surface area (Å²) in [5.74, 6) is -0.167. The van der Waals surface area contributed by atoms with Gasteiger partial charge in [0.05, 0.1) is 0 Å². The fraction of sp³-hybridized carbons (Fsp3) is 0.974. The molecule has 0 aliphatic rings. The minimum atomic E-state index is -2.85. The topological polar surface area (TPSA) is 54.0 Å². The second-order valence-corrected chi connectivity index (χ2v) is 29.7. The minimum Gasteiger partial charge on any atom is -0.495 e. The summed E-state index contributed by atoms with van der Waals surface area (Å²) in [5, 5.41) is 0. The predicted molar refractivity (Wildman–Crippen MR) is 215 cm³/mol. The molecule has 0 heterocycles. The van der Waals surface area contributed by atoms with Gasteiger partial charge in [-0.3, -0.25) is 4.79 Å². The van der Waals surface area contributed by atoms with E-state index in [0.717, 1.165) is 87.6 Å². The van der Waals surface area contributed by atoms with Crippen LogP contribution < -0.4 is 0 Å². The maximum Gasteiger partial charge on any atom is 0.392 e. The Labute approximate surface area is 299 Å². The zero-order valence-corrected chi connectivity index (χ0v) is 37.6. The summed E-state index contributed by atoms with van der Waals surface area (Å²) in [6.45, 7) is 22.4. The molecule has 0 spiro atoms. The molecule has 0 aliphatic heterocycles. The van der Waals surface area contributed by atoms with Crippen molar-refractivity contribution in [2.75, 3.05) is 0 Å². The van der Waals surface area contributed by atoms with E-state index in [1.54, 1.807) is 6.92 Å². The van der Waals surface area contributed by atoms with Gasteiger partial charge in [-0.2, -0.15) is 0 Å². The van der Waals surface area contributed by atoms with E-state index in [2.05, 4.69) is 62.3 Å². The van der Waals surface area contributed by atoms with Crippen molar-refractivity contribution >= 4 is 40.0 Å². The van der Waals surface area contributed by atoms with Gasteiger partial charge in [-0.1, -0.05) is 178 Å². The standard InChI is InChI=1S/C38H84O5Si4/c1-11-20-29-44(30-21-12-2,31-22-13-3)41-46(34-25-16-6,35-26-17-7)43-47(36-27-18-8,37-28-19-9)42-45(32-23-14-4,33-24-15-5)40-38(10)39/h11-37H2,1-10H3. The Balaban J connectivity index is 7.55. The van der Waals surface area contributed by atoms with Crippen LogP contribution >= 0.6 is 0 Å². The normalized spacial score (nSPS) is 13.0. The molecule has 0 radical (unpaired) electrons. The van der Waals surface area contributed by atoms with Crippen LogP contribution in [0.1, 0.15) is 185 Å². The maximum atomic E-state index is 12.9. The molecule has 0 aromatic heterocycles. The Morgan fingerprint density at radius 3 is 0.872 bits per heavy atom. The van der Waals surface area contributed by atoms with E-state index < -0.39 is 34.0 Å². The molecule has 0 fully saturated rings. The molecule has 0 bridgehead atoms. The lowest BCUT2D eigenvalue weighted by atomic mass is 10.4. The summed E-state index contributed by atoms with van der Waals surface area (Å²) in [6, 6.07) is 9.79. The Morgan fingerprint density at radius 2 is 0.596 bits per heavy atom. The highest BCUT2D eigenvalue weighted by atomic mass is 28.5. The SMILES string of the molecule is CCCC[Si](CCCC)(CCCC)O[Si](CCCC)(CCCC)O[Si](CCCC)(CCCC)O[Si](CCCC)(CCCC)OC(C)=O. The Bertz CT molecular complexity index is 708. The smallest absolute Gasteiger partial charge is 0.392 e. The molecule has 0 rings (SSSR count). The minimum absolute atomic E-state index is 0.167. The zero-order valence-electron chi connectivity index (χ0n) is 33.6. The highest BCUT2D eigenvalue weighted by Gasteiger charge is 2.56. The van der Waals surface area contributed by atoms with Gasteiger partial charge in [0.1, 0.15) is 0 Å². The first-order valence-electron chi connectivity index (χ1n) is 20.9. The molecule has 9 heteroatoms. The van der Waals surface area contributed by atoms with Crippen molar-refractivity contribution in [2.45, 2.75) is 239 Å². The van der Waals surface area contributed by atoms with E-state index in [1.165, 1.54) is 82.3 Å². The average Bonchev–Trinajstić information content (AvgIpc) is 3.06. The third-order valence-corrected chi connectivity index (χ3v) is 30.2. The van der Waals surface area contributed by atoms with Crippen LogP contribution in [-0.2, 0) is 21.6 Å². The highest BCUT2D eigenvalue weighted by molar-refractivity contribution is 6.91. The van der Waals surface area contributed by atoms with Gasteiger partial charge in [-0.05, 0) is 42.3 Å². The Kier molecular flexibility index (Phi) is 28.0. The van der Waals surface area contributed by atoms with Crippen LogP contribution in [0.5, 0.6) is 0 Å². The summed E-state index contributed by atoms with van der Waals surface area (Å²) in [5.41, 5.74) is 0. The van der Waals surface area contributed by atoms with Gasteiger partial charge >= 0.3 is 25.7 Å². The molecule has 0 saturated carbocycles. The van der Waals surface area contributed by atoms with Gasteiger partial charge in [-0.25, -0.2) is 0 Å². The van der Waals surface area contributed by atoms with E-state index in [-0.39, 0.29) is 5.97 Å². The van der Waals surface area contributed by atoms with Gasteiger partial charge in [0.25, 0.3) is 5.97 Å². The Hall–Kier alpha value is 0.218. The summed E-state index contributed by atoms with van der Waals surface area (Å²) < 4.78 is 30.6. The van der Waals surface area contributed by atoms with Gasteiger partial charge in [0.15, 0.2) is 8.32 Å². The van der Waals surface area contributed by atoms with E-state index in [9.17, 15) is 4.79 Å². The second-order valence-electron chi connectivity index (χ2n) is 14.7. The number of unbranched alkanes of at least 4 members (excludes halogenated alkanes) is 9. The number of carbonyl (C=O) groups is 1. The van der Waals surface area contributed by atoms with Crippen molar-refractivity contribution < 1.29 is 21.6 Å². The van der Waals surface area contributed by atoms with E-state index >= 15 is 0 Å². The number of hydrogen-bond acceptors (Lipinski definition) is 5. The lowest BCUT2D eigenvalue weighted by molar-refractivity contribution is -0.133. The third-order valence-electron chi connectivity index (χ3n) is 9.90. The van der Waals surface area contributed by atoms with Crippen molar-refractivity contribution in [3.63, 3.8) is 0 Å². The predicted octanol–water partition coefficient (Wildman–Crippen LogP) is 14.1. The summed E-state index contributed by atoms with van der Waals surface area (Å²) in [7, 11) is -10.4. The quantitative estimate of drug-likeness (QED) is 0.0617. The van der Waals surface area contributed by atoms with Crippen molar-refractivity contribution in [1.82, 2.24) is 0 Å². The summed E-state index contributed by atoms with van der Waals surface area (Å²) >= 11 is 0. The molecule has 5 nitrogen and oxygen atoms in total. The van der Waals surface area contributed by atoms with Crippen LogP contribution in [0.3, 0.4) is 0 Å². The van der Waals surface area contributed by atoms with Gasteiger partial charge in [0.2, 0.25) is 0 Å². The van der Waals surface area contributed by atoms with E-state index in [1.807, 2.05) is 0 Å². The van der Waals surface area contributed by atoms with Crippen LogP contribution in [-0.4, -0.2) is 40.0 Å². The van der Waals surface area contributed by atoms with E-state index in [0.29, 0.717) is 0 Å². The molecular formula is C38H84O5Si4. The third kappa shape index (κ3) is 19.4. The summed E-state index contributed by atoms with van der Waals surface area (Å²) in [4.78, 5) is 12.9. The molecule has 0 amide bonds. The van der Waals surface area contributed by atoms with Crippen molar-refractivity contribution in [3.8, 4) is 0 Å². The van der Waals surface area contributed by atoms with Crippen LogP contribution in [0, 0.1) is 0 Å². The van der Waals surface area contributed by atoms with Gasteiger partial charge in [0, 0.05) is 19.0 Å². The number of carbonyl (C=O) groups excluding carboxylic acids is 1. The van der Waals surface area contributed by atoms with Gasteiger partial charge in [-0.15, -0.1) is 0 Å². The lowest BCUT2D eigenvalue weighted by Crippen LogP contribution is -2.63. The first-order chi connectivity index (χ1) is 22.6. The van der Waals surface area contributed by atoms with Crippen LogP contribution in [0.2, 0.25) is 54.4 Å². The fourth-order valence-electron chi connectivity index (χ4n) is 7.09. The van der Waals surface area contributed by atoms with Crippen LogP contribution in [0.15, 0.2) is 0 Å². The summed E-state index contributed by atoms with van der Waals surface area (Å²) in [6.07, 6.45) is 20.9. The molecule has 0 N–H and O–H groups in total.